The van der Waals surface area contributed by atoms with Gasteiger partial charge in [-0.1, -0.05) is 47.8 Å². The first kappa shape index (κ1) is 24.7. The van der Waals surface area contributed by atoms with E-state index in [1.54, 1.807) is 6.07 Å². The van der Waals surface area contributed by atoms with E-state index in [0.29, 0.717) is 33.2 Å². The Morgan fingerprint density at radius 3 is 2.64 bits per heavy atom. The number of hydrogen-bond acceptors (Lipinski definition) is 5. The summed E-state index contributed by atoms with van der Waals surface area (Å²) in [5, 5.41) is 5.31. The Labute approximate surface area is 228 Å². The average molecular weight is 548 g/mol. The minimum atomic E-state index is 0.508. The zero-order chi connectivity index (χ0) is 25.0. The van der Waals surface area contributed by atoms with Crippen molar-refractivity contribution < 1.29 is 4.42 Å². The van der Waals surface area contributed by atoms with Gasteiger partial charge < -0.3 is 19.5 Å². The monoisotopic (exact) mass is 546 g/mol. The zero-order valence-electron chi connectivity index (χ0n) is 20.9. The van der Waals surface area contributed by atoms with Gasteiger partial charge in [-0.15, -0.1) is 0 Å². The molecule has 2 aliphatic heterocycles. The van der Waals surface area contributed by atoms with Crippen LogP contribution >= 0.6 is 34.8 Å². The third-order valence-corrected chi connectivity index (χ3v) is 9.53. The minimum absolute atomic E-state index is 0.508. The number of anilines is 2. The summed E-state index contributed by atoms with van der Waals surface area (Å²) in [7, 11) is 0. The highest BCUT2D eigenvalue weighted by atomic mass is 35.5. The van der Waals surface area contributed by atoms with E-state index in [9.17, 15) is 0 Å². The van der Waals surface area contributed by atoms with Gasteiger partial charge in [-0.05, 0) is 86.2 Å². The van der Waals surface area contributed by atoms with Gasteiger partial charge in [0.15, 0.2) is 5.58 Å². The van der Waals surface area contributed by atoms with Crippen LogP contribution in [0.25, 0.3) is 11.1 Å². The summed E-state index contributed by atoms with van der Waals surface area (Å²) in [6, 6.07) is 9.03. The molecule has 2 saturated heterocycles. The van der Waals surface area contributed by atoms with E-state index >= 15 is 0 Å². The predicted octanol–water partition coefficient (Wildman–Crippen LogP) is 7.66. The second kappa shape index (κ2) is 9.90. The number of piperidine rings is 1. The van der Waals surface area contributed by atoms with Crippen LogP contribution in [-0.2, 0) is 6.54 Å². The number of fused-ring (bicyclic) bond motifs is 1. The lowest BCUT2D eigenvalue weighted by molar-refractivity contribution is 0.0291. The molecule has 0 spiro atoms. The first-order valence-corrected chi connectivity index (χ1v) is 14.3. The molecule has 1 N–H and O–H groups in total. The summed E-state index contributed by atoms with van der Waals surface area (Å²) in [6.45, 7) is 9.46. The molecule has 1 saturated carbocycles. The third-order valence-electron chi connectivity index (χ3n) is 8.46. The van der Waals surface area contributed by atoms with Crippen molar-refractivity contribution in [3.8, 4) is 0 Å². The molecule has 8 heteroatoms. The molecule has 1 atom stereocenters. The minimum Gasteiger partial charge on any atom is -0.421 e. The molecule has 3 fully saturated rings. The van der Waals surface area contributed by atoms with Crippen LogP contribution in [0.2, 0.25) is 15.1 Å². The number of nitrogens with zero attached hydrogens (tertiary/aromatic N) is 3. The molecule has 2 aromatic carbocycles. The molecule has 3 heterocycles. The van der Waals surface area contributed by atoms with E-state index in [4.69, 9.17) is 44.2 Å². The number of nitrogens with one attached hydrogen (secondary N) is 1. The van der Waals surface area contributed by atoms with Crippen LogP contribution in [0.3, 0.4) is 0 Å². The lowest BCUT2D eigenvalue weighted by Crippen LogP contribution is -2.56. The largest absolute Gasteiger partial charge is 0.421 e. The second-order valence-corrected chi connectivity index (χ2v) is 12.3. The maximum absolute atomic E-state index is 6.71. The van der Waals surface area contributed by atoms with Gasteiger partial charge in [-0.2, -0.15) is 4.98 Å². The van der Waals surface area contributed by atoms with Crippen LogP contribution in [0.4, 0.5) is 11.7 Å². The molecule has 1 aliphatic carbocycles. The van der Waals surface area contributed by atoms with E-state index in [2.05, 4.69) is 22.0 Å². The van der Waals surface area contributed by atoms with Crippen molar-refractivity contribution in [2.45, 2.75) is 52.1 Å². The smallest absolute Gasteiger partial charge is 0.298 e. The van der Waals surface area contributed by atoms with Gasteiger partial charge >= 0.3 is 0 Å². The van der Waals surface area contributed by atoms with Gasteiger partial charge in [-0.3, -0.25) is 0 Å². The quantitative estimate of drug-likeness (QED) is 0.343. The summed E-state index contributed by atoms with van der Waals surface area (Å²) < 4.78 is 6.31. The number of rotatable bonds is 6. The number of aryl methyl sites for hydroxylation is 1. The van der Waals surface area contributed by atoms with E-state index in [1.165, 1.54) is 38.8 Å². The Kier molecular flexibility index (Phi) is 6.78. The van der Waals surface area contributed by atoms with Crippen molar-refractivity contribution in [2.24, 2.45) is 17.8 Å². The van der Waals surface area contributed by atoms with Crippen molar-refractivity contribution >= 4 is 57.6 Å². The molecular weight excluding hydrogens is 515 g/mol. The maximum Gasteiger partial charge on any atom is 0.298 e. The van der Waals surface area contributed by atoms with Gasteiger partial charge in [0, 0.05) is 42.3 Å². The Morgan fingerprint density at radius 2 is 1.89 bits per heavy atom. The van der Waals surface area contributed by atoms with Gasteiger partial charge in [0.25, 0.3) is 6.01 Å². The predicted molar refractivity (Wildman–Crippen MR) is 150 cm³/mol. The Morgan fingerprint density at radius 1 is 1.08 bits per heavy atom. The molecule has 3 aliphatic rings. The van der Waals surface area contributed by atoms with Crippen molar-refractivity contribution in [3.63, 3.8) is 0 Å². The Hall–Kier alpha value is -1.66. The molecule has 192 valence electrons. The molecule has 5 nitrogen and oxygen atoms in total. The van der Waals surface area contributed by atoms with Crippen LogP contribution < -0.4 is 10.2 Å². The Balaban J connectivity index is 1.15. The molecule has 36 heavy (non-hydrogen) atoms. The van der Waals surface area contributed by atoms with Gasteiger partial charge in [0.1, 0.15) is 5.52 Å². The second-order valence-electron chi connectivity index (χ2n) is 11.1. The number of hydrogen-bond donors (Lipinski definition) is 1. The lowest BCUT2D eigenvalue weighted by atomic mass is 9.76. The summed E-state index contributed by atoms with van der Waals surface area (Å²) in [4.78, 5) is 9.89. The van der Waals surface area contributed by atoms with Crippen LogP contribution in [-0.4, -0.2) is 42.1 Å². The van der Waals surface area contributed by atoms with Gasteiger partial charge in [0.2, 0.25) is 0 Å². The SMILES string of the molecule is Cc1cc2nc(N3CC(C4CCCN(C5CC(C)C5)C4)C3)oc2c(NCc2ccc(Cl)cc2Cl)c1Cl. The number of aromatic nitrogens is 1. The Bertz CT molecular complexity index is 1270. The van der Waals surface area contributed by atoms with E-state index < -0.39 is 0 Å². The molecule has 1 aromatic heterocycles. The zero-order valence-corrected chi connectivity index (χ0v) is 23.1. The first-order chi connectivity index (χ1) is 17.4. The molecule has 0 radical (unpaired) electrons. The fourth-order valence-electron chi connectivity index (χ4n) is 6.19. The number of likely N-dealkylation sites (tertiary alicyclic amines) is 1. The van der Waals surface area contributed by atoms with E-state index in [0.717, 1.165) is 59.2 Å². The highest BCUT2D eigenvalue weighted by Crippen LogP contribution is 2.41. The molecule has 6 rings (SSSR count). The number of benzene rings is 2. The van der Waals surface area contributed by atoms with Crippen LogP contribution in [0.1, 0.15) is 43.7 Å². The fourth-order valence-corrected chi connectivity index (χ4v) is 6.87. The molecule has 3 aromatic rings. The fraction of sp³-hybridized carbons (Fsp3) is 0.536. The van der Waals surface area contributed by atoms with Crippen molar-refractivity contribution in [3.05, 3.63) is 50.5 Å². The first-order valence-electron chi connectivity index (χ1n) is 13.1. The van der Waals surface area contributed by atoms with Crippen molar-refractivity contribution in [1.82, 2.24) is 9.88 Å². The van der Waals surface area contributed by atoms with Crippen molar-refractivity contribution in [2.75, 3.05) is 36.4 Å². The standard InChI is InChI=1S/C28H33Cl3N4O/c1-16-8-22(9-16)34-7-3-4-19(13-34)20-14-35(15-20)28-33-24-10-17(2)25(31)26(27(24)36-28)32-12-18-5-6-21(29)11-23(18)30/h5-6,10-11,16,19-20,22,32H,3-4,7-9,12-15H2,1-2H3. The maximum atomic E-state index is 6.71. The number of oxazole rings is 1. The summed E-state index contributed by atoms with van der Waals surface area (Å²) in [6.07, 6.45) is 5.45. The van der Waals surface area contributed by atoms with E-state index in [-0.39, 0.29) is 0 Å². The summed E-state index contributed by atoms with van der Waals surface area (Å²) >= 11 is 19.1. The molecule has 1 unspecified atom stereocenters. The summed E-state index contributed by atoms with van der Waals surface area (Å²) in [5.41, 5.74) is 4.17. The molecule has 0 bridgehead atoms. The summed E-state index contributed by atoms with van der Waals surface area (Å²) in [5.74, 6) is 2.41. The molecular formula is C28H33Cl3N4O. The van der Waals surface area contributed by atoms with E-state index in [1.807, 2.05) is 25.1 Å². The highest BCUT2D eigenvalue weighted by Gasteiger charge is 2.40. The third kappa shape index (κ3) is 4.69. The molecule has 0 amide bonds. The number of halogens is 3. The average Bonchev–Trinajstić information content (AvgIpc) is 3.20. The van der Waals surface area contributed by atoms with Crippen molar-refractivity contribution in [1.29, 1.82) is 0 Å². The van der Waals surface area contributed by atoms with Crippen LogP contribution in [0.5, 0.6) is 0 Å². The lowest BCUT2D eigenvalue weighted by Gasteiger charge is -2.50. The van der Waals surface area contributed by atoms with Crippen LogP contribution in [0.15, 0.2) is 28.7 Å². The van der Waals surface area contributed by atoms with Crippen LogP contribution in [0, 0.1) is 24.7 Å². The topological polar surface area (TPSA) is 44.5 Å². The van der Waals surface area contributed by atoms with Gasteiger partial charge in [0.05, 0.1) is 10.7 Å². The highest BCUT2D eigenvalue weighted by molar-refractivity contribution is 6.36. The van der Waals surface area contributed by atoms with Gasteiger partial charge in [-0.25, -0.2) is 0 Å². The normalized spacial score (nSPS) is 25.1.